The van der Waals surface area contributed by atoms with Gasteiger partial charge in [0.2, 0.25) is 0 Å². The Hall–Kier alpha value is -1.01. The van der Waals surface area contributed by atoms with Crippen molar-refractivity contribution in [1.29, 1.82) is 0 Å². The van der Waals surface area contributed by atoms with Crippen LogP contribution in [-0.2, 0) is 0 Å². The Balaban J connectivity index is 1.84. The molecule has 1 saturated carbocycles. The molecular weight excluding hydrogens is 214 g/mol. The van der Waals surface area contributed by atoms with Crippen LogP contribution in [0.4, 0.5) is 0 Å². The van der Waals surface area contributed by atoms with Crippen LogP contribution in [-0.4, -0.2) is 33.2 Å². The Bertz CT molecular complexity index is 362. The van der Waals surface area contributed by atoms with Gasteiger partial charge in [-0.25, -0.2) is 0 Å². The summed E-state index contributed by atoms with van der Waals surface area (Å²) in [6.07, 6.45) is 1.73. The smallest absolute Gasteiger partial charge is 0.265 e. The van der Waals surface area contributed by atoms with Crippen LogP contribution >= 0.6 is 11.5 Å². The molecule has 1 aliphatic rings. The Morgan fingerprint density at radius 1 is 1.73 bits per heavy atom. The van der Waals surface area contributed by atoms with E-state index >= 15 is 0 Å². The summed E-state index contributed by atoms with van der Waals surface area (Å²) in [5, 5.41) is 16.0. The quantitative estimate of drug-likeness (QED) is 0.778. The van der Waals surface area contributed by atoms with E-state index in [1.54, 1.807) is 6.92 Å². The second-order valence-electron chi connectivity index (χ2n) is 3.80. The summed E-state index contributed by atoms with van der Waals surface area (Å²) < 4.78 is 3.69. The number of aromatic nitrogens is 2. The number of rotatable bonds is 4. The normalized spacial score (nSPS) is 17.5. The van der Waals surface area contributed by atoms with Crippen LogP contribution in [0.1, 0.15) is 28.2 Å². The van der Waals surface area contributed by atoms with Crippen LogP contribution < -0.4 is 5.32 Å². The van der Waals surface area contributed by atoms with Crippen molar-refractivity contribution in [3.63, 3.8) is 0 Å². The van der Waals surface area contributed by atoms with E-state index in [2.05, 4.69) is 14.9 Å². The first kappa shape index (κ1) is 10.5. The summed E-state index contributed by atoms with van der Waals surface area (Å²) in [5.74, 6) is 0.188. The number of nitrogens with zero attached hydrogens (tertiary/aromatic N) is 2. The lowest BCUT2D eigenvalue weighted by molar-refractivity contribution is 0.0904. The first-order valence-electron chi connectivity index (χ1n) is 4.93. The maximum Gasteiger partial charge on any atom is 0.265 e. The number of amides is 1. The molecule has 1 atom stereocenters. The standard InChI is InChI=1S/C9H13N3O2S/c1-5-8(15-12-11-5)9(14)10-4-7(13)6-2-3-6/h6-7,13H,2-4H2,1H3,(H,10,14). The minimum absolute atomic E-state index is 0.192. The van der Waals surface area contributed by atoms with Gasteiger partial charge in [0.25, 0.3) is 5.91 Å². The number of carbonyl (C=O) groups is 1. The minimum atomic E-state index is -0.407. The lowest BCUT2D eigenvalue weighted by Gasteiger charge is -2.09. The van der Waals surface area contributed by atoms with E-state index in [4.69, 9.17) is 0 Å². The van der Waals surface area contributed by atoms with Crippen molar-refractivity contribution in [2.75, 3.05) is 6.54 Å². The second kappa shape index (κ2) is 4.24. The van der Waals surface area contributed by atoms with Crippen molar-refractivity contribution in [2.45, 2.75) is 25.9 Å². The van der Waals surface area contributed by atoms with Crippen LogP contribution in [0.5, 0.6) is 0 Å². The first-order chi connectivity index (χ1) is 7.18. The molecule has 0 aromatic carbocycles. The van der Waals surface area contributed by atoms with Crippen molar-refractivity contribution in [3.8, 4) is 0 Å². The van der Waals surface area contributed by atoms with Gasteiger partial charge < -0.3 is 10.4 Å². The van der Waals surface area contributed by atoms with E-state index < -0.39 is 6.10 Å². The van der Waals surface area contributed by atoms with Crippen molar-refractivity contribution >= 4 is 17.4 Å². The number of aliphatic hydroxyl groups excluding tert-OH is 1. The van der Waals surface area contributed by atoms with Gasteiger partial charge in [0.1, 0.15) is 4.88 Å². The predicted octanol–water partition coefficient (Wildman–Crippen LogP) is 0.347. The monoisotopic (exact) mass is 227 g/mol. The Labute approximate surface area is 91.7 Å². The van der Waals surface area contributed by atoms with Gasteiger partial charge in [-0.3, -0.25) is 4.79 Å². The summed E-state index contributed by atoms with van der Waals surface area (Å²) in [6, 6.07) is 0. The maximum absolute atomic E-state index is 11.6. The number of nitrogens with one attached hydrogen (secondary N) is 1. The topological polar surface area (TPSA) is 75.1 Å². The average Bonchev–Trinajstić information content (AvgIpc) is 2.98. The highest BCUT2D eigenvalue weighted by molar-refractivity contribution is 7.07. The van der Waals surface area contributed by atoms with E-state index in [0.717, 1.165) is 24.4 Å². The van der Waals surface area contributed by atoms with E-state index in [9.17, 15) is 9.90 Å². The molecule has 1 aromatic heterocycles. The van der Waals surface area contributed by atoms with Crippen LogP contribution in [0, 0.1) is 12.8 Å². The number of hydrogen-bond acceptors (Lipinski definition) is 5. The molecule has 82 valence electrons. The van der Waals surface area contributed by atoms with E-state index in [1.807, 2.05) is 0 Å². The SMILES string of the molecule is Cc1nnsc1C(=O)NCC(O)C1CC1. The highest BCUT2D eigenvalue weighted by atomic mass is 32.1. The summed E-state index contributed by atoms with van der Waals surface area (Å²) in [5.41, 5.74) is 0.637. The highest BCUT2D eigenvalue weighted by Crippen LogP contribution is 2.32. The van der Waals surface area contributed by atoms with Crippen LogP contribution in [0.25, 0.3) is 0 Å². The van der Waals surface area contributed by atoms with E-state index in [1.165, 1.54) is 0 Å². The minimum Gasteiger partial charge on any atom is -0.391 e. The third-order valence-corrected chi connectivity index (χ3v) is 3.32. The maximum atomic E-state index is 11.6. The zero-order chi connectivity index (χ0) is 10.8. The number of carbonyl (C=O) groups excluding carboxylic acids is 1. The predicted molar refractivity (Wildman–Crippen MR) is 55.7 cm³/mol. The molecule has 1 fully saturated rings. The third-order valence-electron chi connectivity index (χ3n) is 2.50. The molecule has 2 N–H and O–H groups in total. The van der Waals surface area contributed by atoms with Gasteiger partial charge >= 0.3 is 0 Å². The Kier molecular flexibility index (Phi) is 2.97. The van der Waals surface area contributed by atoms with Gasteiger partial charge in [0.15, 0.2) is 0 Å². The molecule has 0 aliphatic heterocycles. The first-order valence-corrected chi connectivity index (χ1v) is 5.71. The largest absolute Gasteiger partial charge is 0.391 e. The number of aryl methyl sites for hydroxylation is 1. The van der Waals surface area contributed by atoms with E-state index in [-0.39, 0.29) is 5.91 Å². The van der Waals surface area contributed by atoms with Gasteiger partial charge in [-0.15, -0.1) is 5.10 Å². The molecule has 2 rings (SSSR count). The fourth-order valence-corrected chi connectivity index (χ4v) is 1.94. The number of aliphatic hydroxyl groups is 1. The summed E-state index contributed by atoms with van der Waals surface area (Å²) >= 11 is 1.08. The van der Waals surface area contributed by atoms with Gasteiger partial charge in [0, 0.05) is 6.54 Å². The molecule has 6 heteroatoms. The third kappa shape index (κ3) is 2.51. The average molecular weight is 227 g/mol. The fourth-order valence-electron chi connectivity index (χ4n) is 1.36. The van der Waals surface area contributed by atoms with Crippen molar-refractivity contribution in [3.05, 3.63) is 10.6 Å². The highest BCUT2D eigenvalue weighted by Gasteiger charge is 2.29. The molecule has 1 unspecified atom stereocenters. The molecular formula is C9H13N3O2S. The summed E-state index contributed by atoms with van der Waals surface area (Å²) in [6.45, 7) is 2.07. The molecule has 1 heterocycles. The molecule has 1 amide bonds. The molecule has 0 spiro atoms. The molecule has 0 saturated heterocycles. The molecule has 1 aromatic rings. The van der Waals surface area contributed by atoms with Gasteiger partial charge in [-0.2, -0.15) is 0 Å². The Morgan fingerprint density at radius 3 is 3.00 bits per heavy atom. The van der Waals surface area contributed by atoms with Crippen LogP contribution in [0.3, 0.4) is 0 Å². The van der Waals surface area contributed by atoms with Gasteiger partial charge in [-0.1, -0.05) is 4.49 Å². The summed E-state index contributed by atoms with van der Waals surface area (Å²) in [4.78, 5) is 12.1. The van der Waals surface area contributed by atoms with Crippen LogP contribution in [0.2, 0.25) is 0 Å². The lowest BCUT2D eigenvalue weighted by atomic mass is 10.2. The Morgan fingerprint density at radius 2 is 2.47 bits per heavy atom. The fraction of sp³-hybridized carbons (Fsp3) is 0.667. The van der Waals surface area contributed by atoms with E-state index in [0.29, 0.717) is 23.0 Å². The molecule has 15 heavy (non-hydrogen) atoms. The second-order valence-corrected chi connectivity index (χ2v) is 4.56. The van der Waals surface area contributed by atoms with Crippen LogP contribution in [0.15, 0.2) is 0 Å². The zero-order valence-corrected chi connectivity index (χ0v) is 9.25. The van der Waals surface area contributed by atoms with Crippen molar-refractivity contribution in [1.82, 2.24) is 14.9 Å². The molecule has 1 aliphatic carbocycles. The number of hydrogen-bond donors (Lipinski definition) is 2. The zero-order valence-electron chi connectivity index (χ0n) is 8.43. The summed E-state index contributed by atoms with van der Waals surface area (Å²) in [7, 11) is 0. The molecule has 0 bridgehead atoms. The van der Waals surface area contributed by atoms with Crippen molar-refractivity contribution in [2.24, 2.45) is 5.92 Å². The van der Waals surface area contributed by atoms with Crippen molar-refractivity contribution < 1.29 is 9.90 Å². The molecule has 0 radical (unpaired) electrons. The lowest BCUT2D eigenvalue weighted by Crippen LogP contribution is -2.33. The van der Waals surface area contributed by atoms with Gasteiger partial charge in [0.05, 0.1) is 11.8 Å². The molecule has 5 nitrogen and oxygen atoms in total. The van der Waals surface area contributed by atoms with Gasteiger partial charge in [-0.05, 0) is 37.2 Å².